The van der Waals surface area contributed by atoms with Crippen LogP contribution in [0.2, 0.25) is 0 Å². The van der Waals surface area contributed by atoms with Gasteiger partial charge in [-0.15, -0.1) is 12.4 Å². The van der Waals surface area contributed by atoms with Gasteiger partial charge in [-0.25, -0.2) is 0 Å². The van der Waals surface area contributed by atoms with Crippen molar-refractivity contribution in [2.24, 2.45) is 11.7 Å². The van der Waals surface area contributed by atoms with E-state index < -0.39 is 0 Å². The number of benzene rings is 1. The minimum atomic E-state index is 0. The number of hydrogen-bond donors (Lipinski definition) is 2. The van der Waals surface area contributed by atoms with Crippen molar-refractivity contribution in [3.05, 3.63) is 29.8 Å². The van der Waals surface area contributed by atoms with Crippen molar-refractivity contribution in [3.63, 3.8) is 0 Å². The quantitative estimate of drug-likeness (QED) is 0.695. The third-order valence-electron chi connectivity index (χ3n) is 4.55. The van der Waals surface area contributed by atoms with E-state index in [0.717, 1.165) is 37.0 Å². The zero-order valence-electron chi connectivity index (χ0n) is 15.5. The van der Waals surface area contributed by atoms with E-state index in [1.807, 2.05) is 12.1 Å². The summed E-state index contributed by atoms with van der Waals surface area (Å²) < 4.78 is 6.03. The van der Waals surface area contributed by atoms with Crippen LogP contribution in [-0.4, -0.2) is 24.6 Å². The summed E-state index contributed by atoms with van der Waals surface area (Å²) in [7, 11) is 0. The molecular formula is C20H33ClN2O2. The van der Waals surface area contributed by atoms with Crippen LogP contribution in [0.15, 0.2) is 24.3 Å². The number of carbonyl (C=O) groups excluding carboxylic acids is 1. The molecule has 3 N–H and O–H groups in total. The van der Waals surface area contributed by atoms with Gasteiger partial charge in [-0.05, 0) is 62.1 Å². The van der Waals surface area contributed by atoms with Crippen LogP contribution in [0.5, 0.6) is 5.75 Å². The van der Waals surface area contributed by atoms with Crippen molar-refractivity contribution in [1.82, 2.24) is 5.32 Å². The summed E-state index contributed by atoms with van der Waals surface area (Å²) in [6.45, 7) is 4.78. The number of aryl methyl sites for hydroxylation is 1. The van der Waals surface area contributed by atoms with Crippen molar-refractivity contribution >= 4 is 18.3 Å². The van der Waals surface area contributed by atoms with Gasteiger partial charge in [-0.1, -0.05) is 26.0 Å². The van der Waals surface area contributed by atoms with E-state index in [9.17, 15) is 4.79 Å². The molecule has 1 aliphatic rings. The molecule has 1 amide bonds. The van der Waals surface area contributed by atoms with Gasteiger partial charge in [0.15, 0.2) is 0 Å². The number of ether oxygens (including phenoxy) is 1. The highest BCUT2D eigenvalue weighted by atomic mass is 35.5. The lowest BCUT2D eigenvalue weighted by Crippen LogP contribution is -2.41. The van der Waals surface area contributed by atoms with Crippen LogP contribution >= 0.6 is 12.4 Å². The first-order chi connectivity index (χ1) is 11.6. The Morgan fingerprint density at radius 1 is 1.32 bits per heavy atom. The molecule has 0 radical (unpaired) electrons. The molecule has 0 aromatic heterocycles. The Morgan fingerprint density at radius 3 is 2.68 bits per heavy atom. The van der Waals surface area contributed by atoms with Crippen LogP contribution in [0.4, 0.5) is 0 Å². The van der Waals surface area contributed by atoms with Crippen LogP contribution in [0.1, 0.15) is 57.9 Å². The zero-order chi connectivity index (χ0) is 17.4. The summed E-state index contributed by atoms with van der Waals surface area (Å²) in [4.78, 5) is 12.1. The topological polar surface area (TPSA) is 64.3 Å². The fourth-order valence-electron chi connectivity index (χ4n) is 3.31. The van der Waals surface area contributed by atoms with Crippen LogP contribution < -0.4 is 15.8 Å². The minimum Gasteiger partial charge on any atom is -0.490 e. The van der Waals surface area contributed by atoms with Crippen molar-refractivity contribution < 1.29 is 9.53 Å². The number of amides is 1. The van der Waals surface area contributed by atoms with E-state index in [2.05, 4.69) is 31.3 Å². The molecule has 2 rings (SSSR count). The predicted octanol–water partition coefficient (Wildman–Crippen LogP) is 3.85. The van der Waals surface area contributed by atoms with E-state index in [0.29, 0.717) is 25.0 Å². The van der Waals surface area contributed by atoms with Gasteiger partial charge in [0.05, 0.1) is 6.10 Å². The molecule has 1 aromatic rings. The molecule has 0 spiro atoms. The second kappa shape index (κ2) is 11.4. The Morgan fingerprint density at radius 2 is 2.04 bits per heavy atom. The maximum absolute atomic E-state index is 12.1. The molecule has 25 heavy (non-hydrogen) atoms. The highest BCUT2D eigenvalue weighted by Crippen LogP contribution is 2.24. The first-order valence-electron chi connectivity index (χ1n) is 9.32. The van der Waals surface area contributed by atoms with Crippen molar-refractivity contribution in [2.75, 3.05) is 6.54 Å². The SMILES string of the molecule is CC(C)CC(CN)NC(=O)CCc1cccc(OC2CCCC2)c1.Cl. The standard InChI is InChI=1S/C20H32N2O2.ClH/c1-15(2)12-17(14-21)22-20(23)11-10-16-6-5-9-19(13-16)24-18-7-3-4-8-18;/h5-6,9,13,15,17-18H,3-4,7-8,10-12,14,21H2,1-2H3,(H,22,23);1H. The number of nitrogens with two attached hydrogens (primary N) is 1. The molecule has 0 saturated heterocycles. The molecule has 0 aliphatic heterocycles. The molecule has 142 valence electrons. The van der Waals surface area contributed by atoms with Gasteiger partial charge in [0.2, 0.25) is 5.91 Å². The lowest BCUT2D eigenvalue weighted by molar-refractivity contribution is -0.121. The molecule has 1 aliphatic carbocycles. The van der Waals surface area contributed by atoms with E-state index in [4.69, 9.17) is 10.5 Å². The second-order valence-electron chi connectivity index (χ2n) is 7.30. The number of rotatable bonds is 9. The molecule has 1 aromatic carbocycles. The monoisotopic (exact) mass is 368 g/mol. The molecule has 0 bridgehead atoms. The molecule has 1 fully saturated rings. The van der Waals surface area contributed by atoms with Crippen molar-refractivity contribution in [1.29, 1.82) is 0 Å². The molecule has 1 atom stereocenters. The lowest BCUT2D eigenvalue weighted by Gasteiger charge is -2.19. The van der Waals surface area contributed by atoms with Crippen LogP contribution in [-0.2, 0) is 11.2 Å². The highest BCUT2D eigenvalue weighted by Gasteiger charge is 2.16. The fraction of sp³-hybridized carbons (Fsp3) is 0.650. The van der Waals surface area contributed by atoms with E-state index in [1.54, 1.807) is 0 Å². The van der Waals surface area contributed by atoms with Gasteiger partial charge in [-0.2, -0.15) is 0 Å². The normalized spacial score (nSPS) is 15.7. The number of carbonyl (C=O) groups is 1. The molecule has 1 saturated carbocycles. The largest absolute Gasteiger partial charge is 0.490 e. The van der Waals surface area contributed by atoms with Gasteiger partial charge in [0, 0.05) is 19.0 Å². The van der Waals surface area contributed by atoms with Gasteiger partial charge < -0.3 is 15.8 Å². The van der Waals surface area contributed by atoms with Crippen molar-refractivity contribution in [2.45, 2.75) is 70.9 Å². The van der Waals surface area contributed by atoms with Crippen LogP contribution in [0.25, 0.3) is 0 Å². The molecule has 0 heterocycles. The Hall–Kier alpha value is -1.26. The third kappa shape index (κ3) is 8.10. The van der Waals surface area contributed by atoms with Gasteiger partial charge in [0.1, 0.15) is 5.75 Å². The predicted molar refractivity (Wildman–Crippen MR) is 105 cm³/mol. The van der Waals surface area contributed by atoms with Crippen LogP contribution in [0, 0.1) is 5.92 Å². The van der Waals surface area contributed by atoms with E-state index in [-0.39, 0.29) is 24.4 Å². The average Bonchev–Trinajstić information content (AvgIpc) is 3.05. The first kappa shape index (κ1) is 21.8. The second-order valence-corrected chi connectivity index (χ2v) is 7.30. The highest BCUT2D eigenvalue weighted by molar-refractivity contribution is 5.85. The summed E-state index contributed by atoms with van der Waals surface area (Å²) in [6.07, 6.45) is 7.35. The summed E-state index contributed by atoms with van der Waals surface area (Å²) in [5.74, 6) is 1.54. The lowest BCUT2D eigenvalue weighted by atomic mass is 10.0. The summed E-state index contributed by atoms with van der Waals surface area (Å²) in [5.41, 5.74) is 6.89. The summed E-state index contributed by atoms with van der Waals surface area (Å²) in [5, 5.41) is 3.05. The minimum absolute atomic E-state index is 0. The van der Waals surface area contributed by atoms with Gasteiger partial charge in [-0.3, -0.25) is 4.79 Å². The molecule has 1 unspecified atom stereocenters. The number of nitrogens with one attached hydrogen (secondary N) is 1. The number of halogens is 1. The maximum atomic E-state index is 12.1. The first-order valence-corrected chi connectivity index (χ1v) is 9.32. The Kier molecular flexibility index (Phi) is 9.91. The Balaban J connectivity index is 0.00000312. The average molecular weight is 369 g/mol. The van der Waals surface area contributed by atoms with E-state index >= 15 is 0 Å². The van der Waals surface area contributed by atoms with Crippen LogP contribution in [0.3, 0.4) is 0 Å². The molecule has 4 nitrogen and oxygen atoms in total. The Bertz CT molecular complexity index is 516. The third-order valence-corrected chi connectivity index (χ3v) is 4.55. The maximum Gasteiger partial charge on any atom is 0.220 e. The Labute approximate surface area is 158 Å². The summed E-state index contributed by atoms with van der Waals surface area (Å²) >= 11 is 0. The molecule has 5 heteroatoms. The fourth-order valence-corrected chi connectivity index (χ4v) is 3.31. The van der Waals surface area contributed by atoms with Gasteiger partial charge in [0.25, 0.3) is 0 Å². The summed E-state index contributed by atoms with van der Waals surface area (Å²) in [6, 6.07) is 8.23. The number of hydrogen-bond acceptors (Lipinski definition) is 3. The smallest absolute Gasteiger partial charge is 0.220 e. The van der Waals surface area contributed by atoms with Crippen molar-refractivity contribution in [3.8, 4) is 5.75 Å². The molecular weight excluding hydrogens is 336 g/mol. The zero-order valence-corrected chi connectivity index (χ0v) is 16.3. The van der Waals surface area contributed by atoms with E-state index in [1.165, 1.54) is 12.8 Å². The van der Waals surface area contributed by atoms with Gasteiger partial charge >= 0.3 is 0 Å².